The second-order valence-electron chi connectivity index (χ2n) is 5.34. The second-order valence-corrected chi connectivity index (χ2v) is 5.90. The van der Waals surface area contributed by atoms with E-state index in [2.05, 4.69) is 15.9 Å². The molecule has 3 rings (SSSR count). The largest absolute Gasteiger partial charge is 0.493 e. The molecule has 0 bridgehead atoms. The van der Waals surface area contributed by atoms with Crippen LogP contribution < -0.4 is 4.74 Å². The van der Waals surface area contributed by atoms with Gasteiger partial charge in [0.15, 0.2) is 0 Å². The summed E-state index contributed by atoms with van der Waals surface area (Å²) in [6.07, 6.45) is 2.13. The van der Waals surface area contributed by atoms with Crippen LogP contribution in [0.15, 0.2) is 36.4 Å². The molecule has 0 aliphatic heterocycles. The molecule has 0 amide bonds. The third-order valence-corrected chi connectivity index (χ3v) is 4.44. The van der Waals surface area contributed by atoms with Gasteiger partial charge < -0.3 is 4.74 Å². The van der Waals surface area contributed by atoms with Crippen LogP contribution in [-0.2, 0) is 5.33 Å². The van der Waals surface area contributed by atoms with Gasteiger partial charge in [-0.25, -0.2) is 4.39 Å². The van der Waals surface area contributed by atoms with Crippen molar-refractivity contribution in [1.29, 1.82) is 0 Å². The minimum atomic E-state index is -0.0725. The zero-order valence-corrected chi connectivity index (χ0v) is 13.6. The molecule has 0 spiro atoms. The Bertz CT molecular complexity index is 635. The van der Waals surface area contributed by atoms with Crippen LogP contribution in [0.5, 0.6) is 5.75 Å². The molecule has 1 aliphatic carbocycles. The minimum absolute atomic E-state index is 0.0725. The van der Waals surface area contributed by atoms with Gasteiger partial charge in [0, 0.05) is 22.0 Å². The van der Waals surface area contributed by atoms with E-state index in [-0.39, 0.29) is 5.82 Å². The Labute approximate surface area is 133 Å². The predicted molar refractivity (Wildman–Crippen MR) is 87.6 cm³/mol. The highest BCUT2D eigenvalue weighted by Gasteiger charge is 2.32. The fraction of sp³-hybridized carbons (Fsp3) is 0.333. The van der Waals surface area contributed by atoms with E-state index in [1.165, 1.54) is 0 Å². The molecule has 0 aromatic heterocycles. The van der Waals surface area contributed by atoms with Gasteiger partial charge in [-0.05, 0) is 37.3 Å². The van der Waals surface area contributed by atoms with Gasteiger partial charge in [-0.3, -0.25) is 0 Å². The Hall–Kier alpha value is -1.35. The lowest BCUT2D eigenvalue weighted by Crippen LogP contribution is -2.03. The molecule has 0 atom stereocenters. The summed E-state index contributed by atoms with van der Waals surface area (Å²) in [5.74, 6) is 1.05. The fourth-order valence-corrected chi connectivity index (χ4v) is 3.14. The first-order valence-electron chi connectivity index (χ1n) is 7.35. The number of benzene rings is 2. The zero-order chi connectivity index (χ0) is 14.8. The predicted octanol–water partition coefficient (Wildman–Crippen LogP) is 5.66. The number of hydrogen-bond acceptors (Lipinski definition) is 1. The van der Waals surface area contributed by atoms with Crippen LogP contribution in [0.25, 0.3) is 11.1 Å². The molecule has 1 saturated carbocycles. The van der Waals surface area contributed by atoms with E-state index in [9.17, 15) is 4.39 Å². The Morgan fingerprint density at radius 1 is 1.24 bits per heavy atom. The molecular formula is C18H18BrFO. The average molecular weight is 349 g/mol. The van der Waals surface area contributed by atoms with Crippen LogP contribution in [0.3, 0.4) is 0 Å². The quantitative estimate of drug-likeness (QED) is 0.633. The lowest BCUT2D eigenvalue weighted by Gasteiger charge is -2.18. The molecule has 0 saturated heterocycles. The van der Waals surface area contributed by atoms with E-state index in [0.717, 1.165) is 35.3 Å². The lowest BCUT2D eigenvalue weighted by atomic mass is 9.93. The van der Waals surface area contributed by atoms with Crippen LogP contribution in [0.1, 0.15) is 36.8 Å². The Morgan fingerprint density at radius 2 is 1.95 bits per heavy atom. The molecule has 1 fully saturated rings. The average Bonchev–Trinajstić information content (AvgIpc) is 3.34. The molecule has 2 aromatic rings. The SMILES string of the molecule is CCOc1cc(CBr)c(F)c(C2CC2)c1-c1ccccc1. The Balaban J connectivity index is 2.26. The van der Waals surface area contributed by atoms with Crippen LogP contribution >= 0.6 is 15.9 Å². The van der Waals surface area contributed by atoms with Gasteiger partial charge >= 0.3 is 0 Å². The first-order valence-corrected chi connectivity index (χ1v) is 8.47. The Morgan fingerprint density at radius 3 is 2.52 bits per heavy atom. The summed E-state index contributed by atoms with van der Waals surface area (Å²) < 4.78 is 20.7. The van der Waals surface area contributed by atoms with E-state index < -0.39 is 0 Å². The summed E-state index contributed by atoms with van der Waals surface area (Å²) in [7, 11) is 0. The van der Waals surface area contributed by atoms with Gasteiger partial charge in [0.05, 0.1) is 6.61 Å². The summed E-state index contributed by atoms with van der Waals surface area (Å²) >= 11 is 3.38. The van der Waals surface area contributed by atoms with Crippen molar-refractivity contribution in [2.45, 2.75) is 31.0 Å². The minimum Gasteiger partial charge on any atom is -0.493 e. The number of halogens is 2. The van der Waals surface area contributed by atoms with Crippen molar-refractivity contribution in [3.63, 3.8) is 0 Å². The summed E-state index contributed by atoms with van der Waals surface area (Å²) in [6.45, 7) is 2.54. The summed E-state index contributed by atoms with van der Waals surface area (Å²) in [5, 5.41) is 0.508. The van der Waals surface area contributed by atoms with Gasteiger partial charge in [0.1, 0.15) is 11.6 Å². The smallest absolute Gasteiger partial charge is 0.131 e. The molecule has 0 unspecified atom stereocenters. The topological polar surface area (TPSA) is 9.23 Å². The summed E-state index contributed by atoms with van der Waals surface area (Å²) in [4.78, 5) is 0. The van der Waals surface area contributed by atoms with E-state index in [1.54, 1.807) is 0 Å². The molecule has 1 nitrogen and oxygen atoms in total. The molecular weight excluding hydrogens is 331 g/mol. The maximum absolute atomic E-state index is 14.8. The summed E-state index contributed by atoms with van der Waals surface area (Å²) in [5.41, 5.74) is 3.48. The van der Waals surface area contributed by atoms with Crippen LogP contribution in [0.2, 0.25) is 0 Å². The fourth-order valence-electron chi connectivity index (χ4n) is 2.73. The van der Waals surface area contributed by atoms with Crippen LogP contribution in [-0.4, -0.2) is 6.61 Å². The molecule has 110 valence electrons. The van der Waals surface area contributed by atoms with Gasteiger partial charge in [0.25, 0.3) is 0 Å². The summed E-state index contributed by atoms with van der Waals surface area (Å²) in [6, 6.07) is 11.8. The first kappa shape index (κ1) is 14.6. The van der Waals surface area contributed by atoms with Crippen molar-refractivity contribution in [2.24, 2.45) is 0 Å². The molecule has 3 heteroatoms. The molecule has 0 radical (unpaired) electrons. The highest BCUT2D eigenvalue weighted by atomic mass is 79.9. The van der Waals surface area contributed by atoms with E-state index in [0.29, 0.717) is 23.4 Å². The number of alkyl halides is 1. The molecule has 2 aromatic carbocycles. The lowest BCUT2D eigenvalue weighted by molar-refractivity contribution is 0.340. The molecule has 0 N–H and O–H groups in total. The standard InChI is InChI=1S/C18H18BrFO/c1-2-21-15-10-14(11-19)18(20)17(13-8-9-13)16(15)12-6-4-3-5-7-12/h3-7,10,13H,2,8-9,11H2,1H3. The number of hydrogen-bond donors (Lipinski definition) is 0. The van der Waals surface area contributed by atoms with Crippen molar-refractivity contribution in [1.82, 2.24) is 0 Å². The normalized spacial score (nSPS) is 14.2. The van der Waals surface area contributed by atoms with E-state index in [1.807, 2.05) is 43.3 Å². The van der Waals surface area contributed by atoms with Crippen molar-refractivity contribution in [3.8, 4) is 16.9 Å². The van der Waals surface area contributed by atoms with Crippen LogP contribution in [0.4, 0.5) is 4.39 Å². The highest BCUT2D eigenvalue weighted by Crippen LogP contribution is 2.49. The Kier molecular flexibility index (Phi) is 4.29. The van der Waals surface area contributed by atoms with Crippen molar-refractivity contribution in [2.75, 3.05) is 6.61 Å². The van der Waals surface area contributed by atoms with Gasteiger partial charge in [-0.1, -0.05) is 46.3 Å². The van der Waals surface area contributed by atoms with Crippen molar-refractivity contribution < 1.29 is 9.13 Å². The van der Waals surface area contributed by atoms with E-state index >= 15 is 0 Å². The van der Waals surface area contributed by atoms with E-state index in [4.69, 9.17) is 4.74 Å². The van der Waals surface area contributed by atoms with Gasteiger partial charge in [0.2, 0.25) is 0 Å². The van der Waals surface area contributed by atoms with Crippen LogP contribution in [0, 0.1) is 5.82 Å². The highest BCUT2D eigenvalue weighted by molar-refractivity contribution is 9.08. The second kappa shape index (κ2) is 6.18. The third-order valence-electron chi connectivity index (χ3n) is 3.83. The zero-order valence-electron chi connectivity index (χ0n) is 12.0. The van der Waals surface area contributed by atoms with Crippen molar-refractivity contribution >= 4 is 15.9 Å². The first-order chi connectivity index (χ1) is 10.3. The monoisotopic (exact) mass is 348 g/mol. The number of rotatable bonds is 5. The molecule has 1 aliphatic rings. The number of ether oxygens (including phenoxy) is 1. The maximum Gasteiger partial charge on any atom is 0.131 e. The maximum atomic E-state index is 14.8. The van der Waals surface area contributed by atoms with Crippen molar-refractivity contribution in [3.05, 3.63) is 53.3 Å². The van der Waals surface area contributed by atoms with Gasteiger partial charge in [-0.2, -0.15) is 0 Å². The third kappa shape index (κ3) is 2.84. The molecule has 0 heterocycles. The van der Waals surface area contributed by atoms with Gasteiger partial charge in [-0.15, -0.1) is 0 Å². The molecule has 21 heavy (non-hydrogen) atoms.